The molecule has 262 valence electrons. The van der Waals surface area contributed by atoms with Crippen LogP contribution in [0.25, 0.3) is 105 Å². The molecule has 11 aromatic rings. The third kappa shape index (κ3) is 5.26. The van der Waals surface area contributed by atoms with Gasteiger partial charge in [-0.1, -0.05) is 170 Å². The second-order valence-corrected chi connectivity index (χ2v) is 14.5. The van der Waals surface area contributed by atoms with Crippen LogP contribution in [0.15, 0.2) is 217 Å². The lowest BCUT2D eigenvalue weighted by Crippen LogP contribution is -1.97. The maximum atomic E-state index is 6.58. The molecule has 56 heavy (non-hydrogen) atoms. The van der Waals surface area contributed by atoms with Crippen molar-refractivity contribution >= 4 is 43.7 Å². The number of fused-ring (bicyclic) bond motifs is 6. The average Bonchev–Trinajstić information content (AvgIpc) is 3.83. The topological polar surface area (TPSA) is 18.1 Å². The van der Waals surface area contributed by atoms with Gasteiger partial charge in [-0.05, 0) is 87.0 Å². The van der Waals surface area contributed by atoms with Crippen LogP contribution >= 0.6 is 0 Å². The SMILES string of the molecule is c1ccc(-c2ccc3c(c2)c2cc(-c4ccccc4)ccc2n3-c2ccccc2-c2ccc(-c3ccc(-c4ccccc4)c4oc5ccccc5c34)cc2)cc1. The molecule has 11 rings (SSSR count). The first kappa shape index (κ1) is 32.0. The van der Waals surface area contributed by atoms with Gasteiger partial charge in [0.15, 0.2) is 0 Å². The van der Waals surface area contributed by atoms with Gasteiger partial charge in [0.1, 0.15) is 11.2 Å². The summed E-state index contributed by atoms with van der Waals surface area (Å²) in [5.41, 5.74) is 17.1. The predicted molar refractivity (Wildman–Crippen MR) is 235 cm³/mol. The molecule has 9 aromatic carbocycles. The van der Waals surface area contributed by atoms with Crippen molar-refractivity contribution in [1.29, 1.82) is 0 Å². The van der Waals surface area contributed by atoms with Crippen LogP contribution in [0.3, 0.4) is 0 Å². The molecule has 0 bridgehead atoms. The third-order valence-corrected chi connectivity index (χ3v) is 11.2. The third-order valence-electron chi connectivity index (χ3n) is 11.2. The molecule has 0 fully saturated rings. The zero-order valence-corrected chi connectivity index (χ0v) is 30.6. The van der Waals surface area contributed by atoms with Gasteiger partial charge in [-0.3, -0.25) is 0 Å². The highest BCUT2D eigenvalue weighted by Gasteiger charge is 2.19. The summed E-state index contributed by atoms with van der Waals surface area (Å²) in [6.07, 6.45) is 0. The van der Waals surface area contributed by atoms with E-state index in [4.69, 9.17) is 4.42 Å². The second-order valence-electron chi connectivity index (χ2n) is 14.5. The van der Waals surface area contributed by atoms with Crippen LogP contribution in [0.5, 0.6) is 0 Å². The van der Waals surface area contributed by atoms with Crippen molar-refractivity contribution in [3.63, 3.8) is 0 Å². The summed E-state index contributed by atoms with van der Waals surface area (Å²) in [7, 11) is 0. The average molecular weight is 714 g/mol. The van der Waals surface area contributed by atoms with E-state index < -0.39 is 0 Å². The zero-order chi connectivity index (χ0) is 37.0. The number of rotatable bonds is 6. The summed E-state index contributed by atoms with van der Waals surface area (Å²) in [5, 5.41) is 4.74. The number of furan rings is 1. The molecule has 0 unspecified atom stereocenters. The van der Waals surface area contributed by atoms with Crippen LogP contribution in [-0.4, -0.2) is 4.57 Å². The molecule has 0 aliphatic heterocycles. The Balaban J connectivity index is 1.06. The van der Waals surface area contributed by atoms with Gasteiger partial charge in [-0.2, -0.15) is 0 Å². The van der Waals surface area contributed by atoms with Crippen molar-refractivity contribution in [3.05, 3.63) is 212 Å². The first-order valence-electron chi connectivity index (χ1n) is 19.2. The molecular formula is C54H35NO. The van der Waals surface area contributed by atoms with E-state index in [0.717, 1.165) is 55.4 Å². The van der Waals surface area contributed by atoms with Gasteiger partial charge in [-0.25, -0.2) is 0 Å². The van der Waals surface area contributed by atoms with Gasteiger partial charge in [-0.15, -0.1) is 0 Å². The Morgan fingerprint density at radius 3 is 1.39 bits per heavy atom. The molecular weight excluding hydrogens is 679 g/mol. The number of benzene rings is 9. The van der Waals surface area contributed by atoms with E-state index in [9.17, 15) is 0 Å². The zero-order valence-electron chi connectivity index (χ0n) is 30.6. The number of aromatic nitrogens is 1. The van der Waals surface area contributed by atoms with Crippen molar-refractivity contribution in [2.24, 2.45) is 0 Å². The lowest BCUT2D eigenvalue weighted by molar-refractivity contribution is 0.670. The summed E-state index contributed by atoms with van der Waals surface area (Å²) in [5.74, 6) is 0. The molecule has 2 nitrogen and oxygen atoms in total. The number of hydrogen-bond donors (Lipinski definition) is 0. The highest BCUT2D eigenvalue weighted by Crippen LogP contribution is 2.43. The molecule has 2 heteroatoms. The Morgan fingerprint density at radius 2 is 0.768 bits per heavy atom. The van der Waals surface area contributed by atoms with E-state index in [-0.39, 0.29) is 0 Å². The first-order valence-corrected chi connectivity index (χ1v) is 19.2. The summed E-state index contributed by atoms with van der Waals surface area (Å²) in [4.78, 5) is 0. The smallest absolute Gasteiger partial charge is 0.143 e. The van der Waals surface area contributed by atoms with Crippen LogP contribution in [0.1, 0.15) is 0 Å². The van der Waals surface area contributed by atoms with E-state index in [1.54, 1.807) is 0 Å². The monoisotopic (exact) mass is 713 g/mol. The summed E-state index contributed by atoms with van der Waals surface area (Å²) in [6, 6.07) is 76.3. The van der Waals surface area contributed by atoms with Crippen LogP contribution in [0.4, 0.5) is 0 Å². The molecule has 0 aliphatic carbocycles. The number of nitrogens with zero attached hydrogens (tertiary/aromatic N) is 1. The summed E-state index contributed by atoms with van der Waals surface area (Å²) in [6.45, 7) is 0. The molecule has 0 N–H and O–H groups in total. The Kier molecular flexibility index (Phi) is 7.53. The molecule has 0 aliphatic rings. The standard InChI is InChI=1S/C54H35NO/c1-4-14-36(15-5-1)41-28-32-50-47(34-41)48-35-42(37-16-6-2-7-17-37)29-33-51(48)55(50)49-22-12-10-20-43(49)39-24-26-40(27-25-39)44-30-31-45(38-18-8-3-9-19-38)54-53(44)46-21-11-13-23-52(46)56-54/h1-35H. The second kappa shape index (κ2) is 13.2. The molecule has 0 radical (unpaired) electrons. The van der Waals surface area contributed by atoms with Gasteiger partial charge in [0.05, 0.1) is 16.7 Å². The van der Waals surface area contributed by atoms with Gasteiger partial charge >= 0.3 is 0 Å². The fourth-order valence-corrected chi connectivity index (χ4v) is 8.56. The van der Waals surface area contributed by atoms with Gasteiger partial charge < -0.3 is 8.98 Å². The summed E-state index contributed by atoms with van der Waals surface area (Å²) >= 11 is 0. The minimum absolute atomic E-state index is 0.899. The van der Waals surface area contributed by atoms with Crippen molar-refractivity contribution < 1.29 is 4.42 Å². The fraction of sp³-hybridized carbons (Fsp3) is 0. The van der Waals surface area contributed by atoms with E-state index in [1.165, 1.54) is 49.6 Å². The van der Waals surface area contributed by atoms with Crippen molar-refractivity contribution in [2.45, 2.75) is 0 Å². The van der Waals surface area contributed by atoms with E-state index in [2.05, 4.69) is 211 Å². The molecule has 2 aromatic heterocycles. The van der Waals surface area contributed by atoms with Crippen molar-refractivity contribution in [3.8, 4) is 61.3 Å². The predicted octanol–water partition coefficient (Wildman–Crippen LogP) is 15.0. The van der Waals surface area contributed by atoms with Crippen LogP contribution in [-0.2, 0) is 0 Å². The van der Waals surface area contributed by atoms with Crippen LogP contribution in [0.2, 0.25) is 0 Å². The first-order chi connectivity index (χ1) is 27.8. The van der Waals surface area contributed by atoms with Crippen LogP contribution < -0.4 is 0 Å². The minimum atomic E-state index is 0.899. The Labute approximate surface area is 325 Å². The van der Waals surface area contributed by atoms with E-state index >= 15 is 0 Å². The Hall–Kier alpha value is -7.42. The molecule has 0 spiro atoms. The lowest BCUT2D eigenvalue weighted by Gasteiger charge is -2.15. The lowest BCUT2D eigenvalue weighted by atomic mass is 9.93. The highest BCUT2D eigenvalue weighted by molar-refractivity contribution is 6.16. The Bertz CT molecular complexity index is 3110. The van der Waals surface area contributed by atoms with Gasteiger partial charge in [0.2, 0.25) is 0 Å². The summed E-state index contributed by atoms with van der Waals surface area (Å²) < 4.78 is 9.03. The van der Waals surface area contributed by atoms with Gasteiger partial charge in [0.25, 0.3) is 0 Å². The Morgan fingerprint density at radius 1 is 0.304 bits per heavy atom. The maximum absolute atomic E-state index is 6.58. The number of para-hydroxylation sites is 2. The normalized spacial score (nSPS) is 11.6. The minimum Gasteiger partial charge on any atom is -0.455 e. The van der Waals surface area contributed by atoms with Crippen molar-refractivity contribution in [2.75, 3.05) is 0 Å². The largest absolute Gasteiger partial charge is 0.455 e. The highest BCUT2D eigenvalue weighted by atomic mass is 16.3. The quantitative estimate of drug-likeness (QED) is 0.168. The maximum Gasteiger partial charge on any atom is 0.143 e. The van der Waals surface area contributed by atoms with E-state index in [0.29, 0.717) is 0 Å². The van der Waals surface area contributed by atoms with E-state index in [1.807, 2.05) is 6.07 Å². The molecule has 0 saturated heterocycles. The van der Waals surface area contributed by atoms with Crippen LogP contribution in [0, 0.1) is 0 Å². The fourth-order valence-electron chi connectivity index (χ4n) is 8.56. The molecule has 0 saturated carbocycles. The molecule has 0 amide bonds. The number of hydrogen-bond acceptors (Lipinski definition) is 1. The van der Waals surface area contributed by atoms with Crippen molar-refractivity contribution in [1.82, 2.24) is 4.57 Å². The van der Waals surface area contributed by atoms with Gasteiger partial charge in [0, 0.05) is 32.7 Å². The molecule has 2 heterocycles. The molecule has 0 atom stereocenters.